The number of carbonyl (C=O) groups is 2. The molecule has 0 unspecified atom stereocenters. The molecule has 0 fully saturated rings. The summed E-state index contributed by atoms with van der Waals surface area (Å²) in [5.74, 6) is -0.372. The Balaban J connectivity index is 2.02. The van der Waals surface area contributed by atoms with Crippen LogP contribution in [0.2, 0.25) is 0 Å². The summed E-state index contributed by atoms with van der Waals surface area (Å²) in [6.45, 7) is 7.22. The quantitative estimate of drug-likeness (QED) is 0.745. The topological polar surface area (TPSA) is 111 Å². The van der Waals surface area contributed by atoms with Crippen molar-refractivity contribution in [2.24, 2.45) is 0 Å². The van der Waals surface area contributed by atoms with Crippen LogP contribution in [-0.4, -0.2) is 22.7 Å². The van der Waals surface area contributed by atoms with E-state index in [1.165, 1.54) is 6.07 Å². The number of amides is 2. The minimum Gasteiger partial charge on any atom is -0.508 e. The molecule has 0 saturated heterocycles. The van der Waals surface area contributed by atoms with Gasteiger partial charge in [0.1, 0.15) is 11.4 Å². The van der Waals surface area contributed by atoms with Crippen LogP contribution in [0.5, 0.6) is 5.75 Å². The normalized spacial score (nSPS) is 10.7. The number of phenols is 1. The molecule has 0 aliphatic carbocycles. The Hall–Kier alpha value is -3.53. The van der Waals surface area contributed by atoms with Gasteiger partial charge in [-0.3, -0.25) is 10.1 Å². The predicted octanol–water partition coefficient (Wildman–Crippen LogP) is 3.85. The lowest BCUT2D eigenvalue weighted by atomic mass is 10.1. The molecule has 2 aromatic rings. The molecule has 0 heterocycles. The van der Waals surface area contributed by atoms with E-state index < -0.39 is 11.7 Å². The van der Waals surface area contributed by atoms with Crippen LogP contribution in [0.4, 0.5) is 10.5 Å². The van der Waals surface area contributed by atoms with Crippen molar-refractivity contribution < 1.29 is 19.4 Å². The molecule has 2 rings (SSSR count). The molecule has 2 aromatic carbocycles. The molecular formula is C21H23N3O4. The number of aromatic hydroxyl groups is 1. The fraction of sp³-hybridized carbons (Fsp3) is 0.286. The number of anilines is 1. The third-order valence-electron chi connectivity index (χ3n) is 3.78. The Morgan fingerprint density at radius 2 is 1.89 bits per heavy atom. The SMILES string of the molecule is Cc1cc(C(=O)NCc2ccc(C#N)cc2O)ccc1NC(=O)OC(C)(C)C. The Labute approximate surface area is 163 Å². The number of nitrogens with one attached hydrogen (secondary N) is 2. The van der Waals surface area contributed by atoms with Gasteiger partial charge in [-0.15, -0.1) is 0 Å². The summed E-state index contributed by atoms with van der Waals surface area (Å²) in [5.41, 5.74) is 1.92. The zero-order valence-electron chi connectivity index (χ0n) is 16.3. The molecule has 3 N–H and O–H groups in total. The molecule has 0 radical (unpaired) electrons. The number of nitrogens with zero attached hydrogens (tertiary/aromatic N) is 1. The predicted molar refractivity (Wildman–Crippen MR) is 105 cm³/mol. The zero-order chi connectivity index (χ0) is 20.9. The number of aryl methyl sites for hydroxylation is 1. The number of hydrogen-bond acceptors (Lipinski definition) is 5. The van der Waals surface area contributed by atoms with E-state index in [-0.39, 0.29) is 18.2 Å². The first-order chi connectivity index (χ1) is 13.1. The first kappa shape index (κ1) is 20.8. The molecule has 2 amide bonds. The Morgan fingerprint density at radius 3 is 2.46 bits per heavy atom. The highest BCUT2D eigenvalue weighted by Crippen LogP contribution is 2.20. The zero-order valence-corrected chi connectivity index (χ0v) is 16.3. The van der Waals surface area contributed by atoms with E-state index in [4.69, 9.17) is 10.00 Å². The molecule has 0 aliphatic heterocycles. The van der Waals surface area contributed by atoms with Crippen LogP contribution in [0.1, 0.15) is 47.8 Å². The van der Waals surface area contributed by atoms with Crippen LogP contribution >= 0.6 is 0 Å². The van der Waals surface area contributed by atoms with Crippen molar-refractivity contribution >= 4 is 17.7 Å². The summed E-state index contributed by atoms with van der Waals surface area (Å²) in [6, 6.07) is 11.3. The number of ether oxygens (including phenoxy) is 1. The van der Waals surface area contributed by atoms with Gasteiger partial charge in [-0.25, -0.2) is 4.79 Å². The highest BCUT2D eigenvalue weighted by atomic mass is 16.6. The molecule has 0 saturated carbocycles. The summed E-state index contributed by atoms with van der Waals surface area (Å²) in [5, 5.41) is 24.1. The van der Waals surface area contributed by atoms with Gasteiger partial charge in [0.25, 0.3) is 5.91 Å². The van der Waals surface area contributed by atoms with Gasteiger partial charge in [0.05, 0.1) is 11.6 Å². The summed E-state index contributed by atoms with van der Waals surface area (Å²) in [7, 11) is 0. The molecule has 146 valence electrons. The fourth-order valence-electron chi connectivity index (χ4n) is 2.42. The molecule has 0 spiro atoms. The standard InChI is InChI=1S/C21H23N3O4/c1-13-9-15(7-8-17(13)24-20(27)28-21(2,3)4)19(26)23-12-16-6-5-14(11-22)10-18(16)25/h5-10,25H,12H2,1-4H3,(H,23,26)(H,24,27). The Kier molecular flexibility index (Phi) is 6.26. The lowest BCUT2D eigenvalue weighted by Crippen LogP contribution is -2.27. The second-order valence-corrected chi connectivity index (χ2v) is 7.29. The smallest absolute Gasteiger partial charge is 0.412 e. The number of carbonyl (C=O) groups excluding carboxylic acids is 2. The van der Waals surface area contributed by atoms with Crippen LogP contribution in [0, 0.1) is 18.3 Å². The number of rotatable bonds is 4. The number of nitriles is 1. The van der Waals surface area contributed by atoms with Crippen molar-refractivity contribution in [1.29, 1.82) is 5.26 Å². The fourth-order valence-corrected chi connectivity index (χ4v) is 2.42. The van der Waals surface area contributed by atoms with Gasteiger partial charge in [0, 0.05) is 23.4 Å². The van der Waals surface area contributed by atoms with Crippen molar-refractivity contribution in [3.8, 4) is 11.8 Å². The average molecular weight is 381 g/mol. The second kappa shape index (κ2) is 8.44. The highest BCUT2D eigenvalue weighted by Gasteiger charge is 2.17. The van der Waals surface area contributed by atoms with E-state index in [9.17, 15) is 14.7 Å². The lowest BCUT2D eigenvalue weighted by Gasteiger charge is -2.20. The molecule has 0 aromatic heterocycles. The number of hydrogen-bond donors (Lipinski definition) is 3. The van der Waals surface area contributed by atoms with Gasteiger partial charge in [-0.1, -0.05) is 6.07 Å². The number of phenolic OH excluding ortho intramolecular Hbond substituents is 1. The third kappa shape index (κ3) is 5.74. The molecule has 7 heteroatoms. The van der Waals surface area contributed by atoms with Crippen LogP contribution in [0.15, 0.2) is 36.4 Å². The Bertz CT molecular complexity index is 940. The number of benzene rings is 2. The van der Waals surface area contributed by atoms with E-state index >= 15 is 0 Å². The maximum absolute atomic E-state index is 12.4. The minimum atomic E-state index is -0.602. The maximum atomic E-state index is 12.4. The van der Waals surface area contributed by atoms with Crippen LogP contribution in [-0.2, 0) is 11.3 Å². The highest BCUT2D eigenvalue weighted by molar-refractivity contribution is 5.95. The van der Waals surface area contributed by atoms with Gasteiger partial charge >= 0.3 is 6.09 Å². The van der Waals surface area contributed by atoms with E-state index in [1.54, 1.807) is 58.0 Å². The first-order valence-electron chi connectivity index (χ1n) is 8.70. The van der Waals surface area contributed by atoms with E-state index in [0.717, 1.165) is 0 Å². The van der Waals surface area contributed by atoms with Crippen molar-refractivity contribution in [2.75, 3.05) is 5.32 Å². The Morgan fingerprint density at radius 1 is 1.18 bits per heavy atom. The van der Waals surface area contributed by atoms with E-state index in [1.807, 2.05) is 6.07 Å². The molecule has 0 bridgehead atoms. The molecule has 28 heavy (non-hydrogen) atoms. The van der Waals surface area contributed by atoms with Crippen LogP contribution in [0.25, 0.3) is 0 Å². The molecule has 0 atom stereocenters. The summed E-state index contributed by atoms with van der Waals surface area (Å²) < 4.78 is 5.22. The average Bonchev–Trinajstić information content (AvgIpc) is 2.60. The summed E-state index contributed by atoms with van der Waals surface area (Å²) in [6.07, 6.45) is -0.566. The van der Waals surface area contributed by atoms with Crippen molar-refractivity contribution in [1.82, 2.24) is 5.32 Å². The van der Waals surface area contributed by atoms with Crippen molar-refractivity contribution in [2.45, 2.75) is 39.8 Å². The molecule has 7 nitrogen and oxygen atoms in total. The van der Waals surface area contributed by atoms with Crippen molar-refractivity contribution in [3.63, 3.8) is 0 Å². The summed E-state index contributed by atoms with van der Waals surface area (Å²) in [4.78, 5) is 24.2. The molecular weight excluding hydrogens is 358 g/mol. The molecule has 0 aliphatic rings. The van der Waals surface area contributed by atoms with E-state index in [0.29, 0.717) is 27.9 Å². The van der Waals surface area contributed by atoms with Gasteiger partial charge in [0.15, 0.2) is 0 Å². The monoisotopic (exact) mass is 381 g/mol. The van der Waals surface area contributed by atoms with Crippen LogP contribution < -0.4 is 10.6 Å². The van der Waals surface area contributed by atoms with E-state index in [2.05, 4.69) is 10.6 Å². The van der Waals surface area contributed by atoms with Crippen molar-refractivity contribution in [3.05, 3.63) is 58.7 Å². The van der Waals surface area contributed by atoms with Gasteiger partial charge in [0.2, 0.25) is 0 Å². The largest absolute Gasteiger partial charge is 0.508 e. The van der Waals surface area contributed by atoms with Gasteiger partial charge < -0.3 is 15.2 Å². The third-order valence-corrected chi connectivity index (χ3v) is 3.78. The lowest BCUT2D eigenvalue weighted by molar-refractivity contribution is 0.0635. The maximum Gasteiger partial charge on any atom is 0.412 e. The minimum absolute atomic E-state index is 0.0487. The summed E-state index contributed by atoms with van der Waals surface area (Å²) >= 11 is 0. The first-order valence-corrected chi connectivity index (χ1v) is 8.70. The second-order valence-electron chi connectivity index (χ2n) is 7.29. The van der Waals surface area contributed by atoms with Crippen LogP contribution in [0.3, 0.4) is 0 Å². The van der Waals surface area contributed by atoms with Gasteiger partial charge in [-0.2, -0.15) is 5.26 Å². The van der Waals surface area contributed by atoms with Gasteiger partial charge in [-0.05, 0) is 63.6 Å².